The largest absolute Gasteiger partial charge is 0.393 e. The lowest BCUT2D eigenvalue weighted by Crippen LogP contribution is -2.10. The van der Waals surface area contributed by atoms with Crippen molar-refractivity contribution in [2.24, 2.45) is 0 Å². The Morgan fingerprint density at radius 2 is 1.84 bits per heavy atom. The van der Waals surface area contributed by atoms with Crippen LogP contribution in [0.2, 0.25) is 0 Å². The van der Waals surface area contributed by atoms with E-state index in [1.54, 1.807) is 12.1 Å². The van der Waals surface area contributed by atoms with Gasteiger partial charge in [0.1, 0.15) is 5.82 Å². The van der Waals surface area contributed by atoms with E-state index in [-0.39, 0.29) is 11.9 Å². The minimum Gasteiger partial charge on any atom is -0.393 e. The molecule has 1 nitrogen and oxygen atoms in total. The van der Waals surface area contributed by atoms with E-state index >= 15 is 0 Å². The average Bonchev–Trinajstić information content (AvgIpc) is 2.38. The Morgan fingerprint density at radius 3 is 2.53 bits per heavy atom. The number of hydrogen-bond acceptors (Lipinski definition) is 1. The van der Waals surface area contributed by atoms with Gasteiger partial charge in [-0.1, -0.05) is 51.5 Å². The molecule has 0 spiro atoms. The van der Waals surface area contributed by atoms with Crippen molar-refractivity contribution in [2.75, 3.05) is 0 Å². The summed E-state index contributed by atoms with van der Waals surface area (Å²) in [4.78, 5) is 0. The first kappa shape index (κ1) is 16.6. The molecule has 0 aliphatic carbocycles. The molecule has 1 aromatic carbocycles. The van der Waals surface area contributed by atoms with Gasteiger partial charge in [-0.05, 0) is 46.5 Å². The zero-order chi connectivity index (χ0) is 14.1. The Bertz CT molecular complexity index is 368. The van der Waals surface area contributed by atoms with Gasteiger partial charge >= 0.3 is 0 Å². The summed E-state index contributed by atoms with van der Waals surface area (Å²) >= 11 is 3.17. The number of benzene rings is 1. The predicted octanol–water partition coefficient (Wildman–Crippen LogP) is 5.24. The van der Waals surface area contributed by atoms with Crippen LogP contribution >= 0.6 is 15.9 Å². The smallest absolute Gasteiger partial charge is 0.137 e. The Morgan fingerprint density at radius 1 is 1.16 bits per heavy atom. The normalized spacial score (nSPS) is 12.6. The van der Waals surface area contributed by atoms with Gasteiger partial charge < -0.3 is 5.11 Å². The van der Waals surface area contributed by atoms with E-state index < -0.39 is 0 Å². The van der Waals surface area contributed by atoms with Crippen LogP contribution in [0.3, 0.4) is 0 Å². The molecule has 0 saturated carbocycles. The number of hydrogen-bond donors (Lipinski definition) is 1. The van der Waals surface area contributed by atoms with Gasteiger partial charge in [0.05, 0.1) is 10.6 Å². The molecule has 0 aromatic heterocycles. The molecule has 108 valence electrons. The van der Waals surface area contributed by atoms with Crippen LogP contribution < -0.4 is 0 Å². The monoisotopic (exact) mass is 330 g/mol. The highest BCUT2D eigenvalue weighted by Gasteiger charge is 2.07. The fraction of sp³-hybridized carbons (Fsp3) is 0.625. The van der Waals surface area contributed by atoms with Gasteiger partial charge in [0.15, 0.2) is 0 Å². The van der Waals surface area contributed by atoms with Gasteiger partial charge in [-0.2, -0.15) is 0 Å². The molecule has 0 saturated heterocycles. The van der Waals surface area contributed by atoms with Crippen LogP contribution in [-0.4, -0.2) is 11.2 Å². The molecule has 1 rings (SSSR count). The topological polar surface area (TPSA) is 20.2 Å². The Kier molecular flexibility index (Phi) is 8.31. The van der Waals surface area contributed by atoms with E-state index in [4.69, 9.17) is 0 Å². The minimum atomic E-state index is -0.316. The molecular formula is C16H24BrFO. The van der Waals surface area contributed by atoms with E-state index in [1.165, 1.54) is 38.2 Å². The average molecular weight is 331 g/mol. The summed E-state index contributed by atoms with van der Waals surface area (Å²) in [5.41, 5.74) is 0.978. The molecule has 0 amide bonds. The number of aliphatic hydroxyl groups is 1. The third-order valence-corrected chi connectivity index (χ3v) is 3.95. The molecule has 0 aliphatic rings. The fourth-order valence-corrected chi connectivity index (χ4v) is 2.63. The summed E-state index contributed by atoms with van der Waals surface area (Å²) in [6, 6.07) is 4.93. The van der Waals surface area contributed by atoms with Gasteiger partial charge in [-0.25, -0.2) is 4.39 Å². The second kappa shape index (κ2) is 9.49. The number of unbranched alkanes of at least 4 members (excludes halogenated alkanes) is 5. The quantitative estimate of drug-likeness (QED) is 0.613. The second-order valence-electron chi connectivity index (χ2n) is 5.16. The van der Waals surface area contributed by atoms with Crippen molar-refractivity contribution in [1.82, 2.24) is 0 Å². The molecule has 3 heteroatoms. The summed E-state index contributed by atoms with van der Waals surface area (Å²) in [5, 5.41) is 9.96. The number of halogens is 2. The third kappa shape index (κ3) is 7.07. The standard InChI is InChI=1S/C16H24BrFO/c1-2-3-4-5-6-7-8-14(19)11-13-9-10-16(18)15(17)12-13/h9-10,12,14,19H,2-8,11H2,1H3. The minimum absolute atomic E-state index is 0.255. The van der Waals surface area contributed by atoms with Crippen molar-refractivity contribution in [1.29, 1.82) is 0 Å². The summed E-state index contributed by atoms with van der Waals surface area (Å²) < 4.78 is 13.5. The molecular weight excluding hydrogens is 307 g/mol. The lowest BCUT2D eigenvalue weighted by Gasteiger charge is -2.11. The lowest BCUT2D eigenvalue weighted by atomic mass is 10.0. The molecule has 1 aromatic rings. The van der Waals surface area contributed by atoms with Crippen molar-refractivity contribution in [3.63, 3.8) is 0 Å². The van der Waals surface area contributed by atoms with E-state index in [2.05, 4.69) is 22.9 Å². The predicted molar refractivity (Wildman–Crippen MR) is 81.8 cm³/mol. The second-order valence-corrected chi connectivity index (χ2v) is 6.02. The van der Waals surface area contributed by atoms with E-state index in [0.29, 0.717) is 10.9 Å². The Hall–Kier alpha value is -0.410. The molecule has 1 atom stereocenters. The molecule has 0 aliphatic heterocycles. The molecule has 1 unspecified atom stereocenters. The van der Waals surface area contributed by atoms with Gasteiger partial charge in [-0.3, -0.25) is 0 Å². The molecule has 0 bridgehead atoms. The zero-order valence-electron chi connectivity index (χ0n) is 11.7. The van der Waals surface area contributed by atoms with Crippen LogP contribution in [0.15, 0.2) is 22.7 Å². The van der Waals surface area contributed by atoms with E-state index in [1.807, 2.05) is 0 Å². The molecule has 0 radical (unpaired) electrons. The van der Waals surface area contributed by atoms with Crippen LogP contribution in [0.1, 0.15) is 57.4 Å². The van der Waals surface area contributed by atoms with Crippen LogP contribution in [0, 0.1) is 5.82 Å². The highest BCUT2D eigenvalue weighted by atomic mass is 79.9. The summed E-state index contributed by atoms with van der Waals surface area (Å²) in [6.07, 6.45) is 8.55. The highest BCUT2D eigenvalue weighted by Crippen LogP contribution is 2.19. The Balaban J connectivity index is 2.19. The maximum Gasteiger partial charge on any atom is 0.137 e. The van der Waals surface area contributed by atoms with Crippen molar-refractivity contribution in [3.05, 3.63) is 34.1 Å². The SMILES string of the molecule is CCCCCCCCC(O)Cc1ccc(F)c(Br)c1. The molecule has 1 N–H and O–H groups in total. The van der Waals surface area contributed by atoms with E-state index in [0.717, 1.165) is 18.4 Å². The van der Waals surface area contributed by atoms with Gasteiger partial charge in [0, 0.05) is 0 Å². The zero-order valence-corrected chi connectivity index (χ0v) is 13.3. The first-order valence-corrected chi connectivity index (χ1v) is 8.04. The van der Waals surface area contributed by atoms with Crippen LogP contribution in [-0.2, 0) is 6.42 Å². The van der Waals surface area contributed by atoms with Crippen molar-refractivity contribution >= 4 is 15.9 Å². The van der Waals surface area contributed by atoms with Crippen LogP contribution in [0.25, 0.3) is 0 Å². The number of rotatable bonds is 9. The summed E-state index contributed by atoms with van der Waals surface area (Å²) in [5.74, 6) is -0.255. The fourth-order valence-electron chi connectivity index (χ4n) is 2.20. The summed E-state index contributed by atoms with van der Waals surface area (Å²) in [6.45, 7) is 2.21. The van der Waals surface area contributed by atoms with Crippen molar-refractivity contribution in [3.8, 4) is 0 Å². The molecule has 0 fully saturated rings. The van der Waals surface area contributed by atoms with Crippen molar-refractivity contribution in [2.45, 2.75) is 64.4 Å². The van der Waals surface area contributed by atoms with Gasteiger partial charge in [-0.15, -0.1) is 0 Å². The first-order chi connectivity index (χ1) is 9.13. The number of aliphatic hydroxyl groups excluding tert-OH is 1. The van der Waals surface area contributed by atoms with Crippen molar-refractivity contribution < 1.29 is 9.50 Å². The first-order valence-electron chi connectivity index (χ1n) is 7.25. The maximum absolute atomic E-state index is 13.1. The highest BCUT2D eigenvalue weighted by molar-refractivity contribution is 9.10. The van der Waals surface area contributed by atoms with Gasteiger partial charge in [0.2, 0.25) is 0 Å². The van der Waals surface area contributed by atoms with Gasteiger partial charge in [0.25, 0.3) is 0 Å². The molecule has 19 heavy (non-hydrogen) atoms. The lowest BCUT2D eigenvalue weighted by molar-refractivity contribution is 0.161. The third-order valence-electron chi connectivity index (χ3n) is 3.35. The maximum atomic E-state index is 13.1. The van der Waals surface area contributed by atoms with Crippen LogP contribution in [0.5, 0.6) is 0 Å². The molecule has 0 heterocycles. The Labute approximate surface area is 124 Å². The summed E-state index contributed by atoms with van der Waals surface area (Å²) in [7, 11) is 0. The van der Waals surface area contributed by atoms with E-state index in [9.17, 15) is 9.50 Å². The van der Waals surface area contributed by atoms with Crippen LogP contribution in [0.4, 0.5) is 4.39 Å².